The first-order valence-electron chi connectivity index (χ1n) is 11.5. The molecule has 2 aromatic heterocycles. The SMILES string of the molecule is CN1C(=O)[C@H](N2CCc3c(nn(Cc4ccccc4)c3Cl)C2=O)CSc2cc3c(ccn3C)cc21. The Morgan fingerprint density at radius 1 is 1.11 bits per heavy atom. The number of likely N-dealkylation sites (N-methyl/N-ethyl adjacent to an activating group) is 1. The topological polar surface area (TPSA) is 63.4 Å². The lowest BCUT2D eigenvalue weighted by Gasteiger charge is -2.33. The van der Waals surface area contributed by atoms with Gasteiger partial charge in [0.15, 0.2) is 5.69 Å². The highest BCUT2D eigenvalue weighted by molar-refractivity contribution is 7.99. The van der Waals surface area contributed by atoms with Crippen LogP contribution in [0.25, 0.3) is 10.9 Å². The summed E-state index contributed by atoms with van der Waals surface area (Å²) in [6, 6.07) is 15.6. The average Bonchev–Trinajstić information content (AvgIpc) is 3.35. The molecule has 0 saturated carbocycles. The van der Waals surface area contributed by atoms with Gasteiger partial charge in [-0.15, -0.1) is 11.8 Å². The van der Waals surface area contributed by atoms with Crippen LogP contribution < -0.4 is 4.90 Å². The summed E-state index contributed by atoms with van der Waals surface area (Å²) in [6.45, 7) is 0.926. The number of thioether (sulfide) groups is 1. The van der Waals surface area contributed by atoms with Crippen LogP contribution in [0.1, 0.15) is 21.6 Å². The summed E-state index contributed by atoms with van der Waals surface area (Å²) in [5.74, 6) is 0.174. The van der Waals surface area contributed by atoms with Crippen molar-refractivity contribution in [3.63, 3.8) is 0 Å². The van der Waals surface area contributed by atoms with Crippen LogP contribution in [0.4, 0.5) is 5.69 Å². The normalized spacial score (nSPS) is 18.1. The monoisotopic (exact) mass is 505 g/mol. The van der Waals surface area contributed by atoms with Gasteiger partial charge in [0, 0.05) is 54.0 Å². The quantitative estimate of drug-likeness (QED) is 0.418. The number of benzene rings is 2. The van der Waals surface area contributed by atoms with E-state index >= 15 is 0 Å². The highest BCUT2D eigenvalue weighted by atomic mass is 35.5. The summed E-state index contributed by atoms with van der Waals surface area (Å²) >= 11 is 8.25. The Labute approximate surface area is 212 Å². The van der Waals surface area contributed by atoms with E-state index in [2.05, 4.69) is 21.8 Å². The number of hydrogen-bond acceptors (Lipinski definition) is 4. The van der Waals surface area contributed by atoms with Crippen LogP contribution in [0.5, 0.6) is 0 Å². The van der Waals surface area contributed by atoms with Crippen LogP contribution in [-0.2, 0) is 24.8 Å². The Morgan fingerprint density at radius 2 is 1.91 bits per heavy atom. The Balaban J connectivity index is 1.29. The number of nitrogens with zero attached hydrogens (tertiary/aromatic N) is 5. The molecule has 2 aliphatic heterocycles. The molecule has 4 aromatic rings. The van der Waals surface area contributed by atoms with Gasteiger partial charge >= 0.3 is 0 Å². The van der Waals surface area contributed by atoms with E-state index < -0.39 is 6.04 Å². The number of aryl methyl sites for hydroxylation is 1. The van der Waals surface area contributed by atoms with Crippen molar-refractivity contribution in [1.82, 2.24) is 19.2 Å². The van der Waals surface area contributed by atoms with Crippen molar-refractivity contribution in [2.45, 2.75) is 23.9 Å². The number of fused-ring (bicyclic) bond motifs is 3. The maximum Gasteiger partial charge on any atom is 0.275 e. The molecule has 0 N–H and O–H groups in total. The van der Waals surface area contributed by atoms with E-state index in [9.17, 15) is 9.59 Å². The second kappa shape index (κ2) is 8.46. The molecule has 35 heavy (non-hydrogen) atoms. The molecule has 178 valence electrons. The molecule has 0 fully saturated rings. The van der Waals surface area contributed by atoms with Crippen molar-refractivity contribution >= 4 is 51.8 Å². The van der Waals surface area contributed by atoms with Gasteiger partial charge in [0.05, 0.1) is 12.2 Å². The maximum atomic E-state index is 13.6. The molecule has 0 radical (unpaired) electrons. The molecule has 1 atom stereocenters. The van der Waals surface area contributed by atoms with Crippen LogP contribution in [0, 0.1) is 0 Å². The lowest BCUT2D eigenvalue weighted by Crippen LogP contribution is -2.53. The Morgan fingerprint density at radius 3 is 2.71 bits per heavy atom. The molecule has 2 aromatic carbocycles. The molecule has 0 unspecified atom stereocenters. The molecule has 7 nitrogen and oxygen atoms in total. The van der Waals surface area contributed by atoms with Crippen LogP contribution in [0.2, 0.25) is 5.15 Å². The van der Waals surface area contributed by atoms with Crippen LogP contribution >= 0.6 is 23.4 Å². The van der Waals surface area contributed by atoms with Gasteiger partial charge in [0.2, 0.25) is 5.91 Å². The van der Waals surface area contributed by atoms with E-state index in [0.29, 0.717) is 36.1 Å². The first-order chi connectivity index (χ1) is 16.9. The summed E-state index contributed by atoms with van der Waals surface area (Å²) in [7, 11) is 3.81. The van der Waals surface area contributed by atoms with Crippen molar-refractivity contribution < 1.29 is 9.59 Å². The molecule has 0 aliphatic carbocycles. The second-order valence-electron chi connectivity index (χ2n) is 9.04. The zero-order valence-electron chi connectivity index (χ0n) is 19.4. The third-order valence-electron chi connectivity index (χ3n) is 6.94. The van der Waals surface area contributed by atoms with Crippen LogP contribution in [-0.4, -0.2) is 56.4 Å². The summed E-state index contributed by atoms with van der Waals surface area (Å²) < 4.78 is 3.76. The predicted octanol–water partition coefficient (Wildman–Crippen LogP) is 4.21. The molecule has 2 aliphatic rings. The minimum atomic E-state index is -0.570. The fraction of sp³-hybridized carbons (Fsp3) is 0.269. The Bertz CT molecular complexity index is 1480. The average molecular weight is 506 g/mol. The molecule has 0 bridgehead atoms. The number of hydrogen-bond donors (Lipinski definition) is 0. The van der Waals surface area contributed by atoms with Crippen molar-refractivity contribution in [2.75, 3.05) is 24.2 Å². The molecular formula is C26H24ClN5O2S. The molecule has 0 saturated heterocycles. The zero-order valence-corrected chi connectivity index (χ0v) is 21.0. The summed E-state index contributed by atoms with van der Waals surface area (Å²) in [4.78, 5) is 31.6. The van der Waals surface area contributed by atoms with Gasteiger partial charge in [-0.25, -0.2) is 4.68 Å². The minimum Gasteiger partial charge on any atom is -0.351 e. The molecule has 4 heterocycles. The van der Waals surface area contributed by atoms with Crippen LogP contribution in [0.3, 0.4) is 0 Å². The van der Waals surface area contributed by atoms with E-state index in [0.717, 1.165) is 32.6 Å². The number of aromatic nitrogens is 3. The van der Waals surface area contributed by atoms with Crippen molar-refractivity contribution in [1.29, 1.82) is 0 Å². The highest BCUT2D eigenvalue weighted by Crippen LogP contribution is 2.39. The summed E-state index contributed by atoms with van der Waals surface area (Å²) in [6.07, 6.45) is 2.59. The van der Waals surface area contributed by atoms with E-state index in [1.54, 1.807) is 33.3 Å². The fourth-order valence-corrected chi connectivity index (χ4v) is 6.45. The molecular weight excluding hydrogens is 482 g/mol. The van der Waals surface area contributed by atoms with Crippen molar-refractivity contribution in [3.8, 4) is 0 Å². The standard InChI is InChI=1S/C26H24ClN5O2S/c1-29-10-8-17-12-20-22(13-19(17)29)35-15-21(25(33)30(20)2)31-11-9-18-23(26(31)34)28-32(24(18)27)14-16-6-4-3-5-7-16/h3-8,10,12-13,21H,9,11,14-15H2,1-2H3/t21-/m1/s1. The number of anilines is 1. The number of halogens is 1. The Kier molecular flexibility index (Phi) is 5.38. The van der Waals surface area contributed by atoms with Gasteiger partial charge in [0.1, 0.15) is 11.2 Å². The highest BCUT2D eigenvalue weighted by Gasteiger charge is 2.40. The summed E-state index contributed by atoms with van der Waals surface area (Å²) in [5.41, 5.74) is 4.17. The third-order valence-corrected chi connectivity index (χ3v) is 8.48. The van der Waals surface area contributed by atoms with E-state index in [1.807, 2.05) is 49.6 Å². The third kappa shape index (κ3) is 3.63. The van der Waals surface area contributed by atoms with E-state index in [1.165, 1.54) is 0 Å². The van der Waals surface area contributed by atoms with Gasteiger partial charge < -0.3 is 14.4 Å². The van der Waals surface area contributed by atoms with Gasteiger partial charge in [-0.05, 0) is 30.2 Å². The lowest BCUT2D eigenvalue weighted by atomic mass is 10.0. The summed E-state index contributed by atoms with van der Waals surface area (Å²) in [5, 5.41) is 6.16. The molecule has 0 spiro atoms. The second-order valence-corrected chi connectivity index (χ2v) is 10.5. The van der Waals surface area contributed by atoms with Crippen LogP contribution in [0.15, 0.2) is 59.6 Å². The Hall–Kier alpha value is -3.23. The first-order valence-corrected chi connectivity index (χ1v) is 12.9. The van der Waals surface area contributed by atoms with Crippen molar-refractivity contribution in [3.05, 3.63) is 76.7 Å². The molecule has 9 heteroatoms. The molecule has 2 amide bonds. The smallest absolute Gasteiger partial charge is 0.275 e. The van der Waals surface area contributed by atoms with E-state index in [4.69, 9.17) is 11.6 Å². The maximum absolute atomic E-state index is 13.6. The number of rotatable bonds is 3. The fourth-order valence-electron chi connectivity index (χ4n) is 4.97. The first kappa shape index (κ1) is 22.2. The van der Waals surface area contributed by atoms with Gasteiger partial charge in [-0.2, -0.15) is 5.10 Å². The number of carbonyl (C=O) groups is 2. The van der Waals surface area contributed by atoms with Crippen molar-refractivity contribution in [2.24, 2.45) is 7.05 Å². The van der Waals surface area contributed by atoms with Gasteiger partial charge in [0.25, 0.3) is 5.91 Å². The lowest BCUT2D eigenvalue weighted by molar-refractivity contribution is -0.122. The van der Waals surface area contributed by atoms with Gasteiger partial charge in [-0.1, -0.05) is 41.9 Å². The van der Waals surface area contributed by atoms with Gasteiger partial charge in [-0.3, -0.25) is 9.59 Å². The molecule has 6 rings (SSSR count). The van der Waals surface area contributed by atoms with E-state index in [-0.39, 0.29) is 11.8 Å². The largest absolute Gasteiger partial charge is 0.351 e. The number of amides is 2. The zero-order chi connectivity index (χ0) is 24.3. The predicted molar refractivity (Wildman–Crippen MR) is 138 cm³/mol. The minimum absolute atomic E-state index is 0.0850. The number of carbonyl (C=O) groups excluding carboxylic acids is 2.